The van der Waals surface area contributed by atoms with E-state index in [9.17, 15) is 4.79 Å². The highest BCUT2D eigenvalue weighted by Crippen LogP contribution is 2.24. The molecule has 2 heterocycles. The number of carbonyl (C=O) groups is 1. The number of hydrogen-bond donors (Lipinski definition) is 1. The Morgan fingerprint density at radius 1 is 1.13 bits per heavy atom. The van der Waals surface area contributed by atoms with Crippen molar-refractivity contribution in [2.24, 2.45) is 0 Å². The molecule has 0 atom stereocenters. The summed E-state index contributed by atoms with van der Waals surface area (Å²) in [5.74, 6) is 0. The van der Waals surface area contributed by atoms with Gasteiger partial charge in [-0.15, -0.1) is 0 Å². The summed E-state index contributed by atoms with van der Waals surface area (Å²) in [4.78, 5) is 18.0. The number of nitrogens with one attached hydrogen (secondary N) is 1. The van der Waals surface area contributed by atoms with E-state index in [1.54, 1.807) is 12.3 Å². The minimum atomic E-state index is 0.687. The molecule has 3 aromatic rings. The van der Waals surface area contributed by atoms with Crippen LogP contribution in [-0.2, 0) is 0 Å². The van der Waals surface area contributed by atoms with Gasteiger partial charge in [0.2, 0.25) is 0 Å². The summed E-state index contributed by atoms with van der Waals surface area (Å²) in [7, 11) is 0. The van der Waals surface area contributed by atoms with Crippen LogP contribution in [0.4, 0.5) is 0 Å². The summed E-state index contributed by atoms with van der Waals surface area (Å²) in [5.41, 5.74) is 2.76. The van der Waals surface area contributed by atoms with Crippen molar-refractivity contribution in [3.8, 4) is 0 Å². The van der Waals surface area contributed by atoms with Gasteiger partial charge in [-0.05, 0) is 24.3 Å². The van der Waals surface area contributed by atoms with Gasteiger partial charge < -0.3 is 4.98 Å². The number of fused-ring (bicyclic) bond motifs is 3. The Labute approximate surface area is 85.8 Å². The lowest BCUT2D eigenvalue weighted by Crippen LogP contribution is -1.77. The second-order valence-corrected chi connectivity index (χ2v) is 3.47. The molecule has 2 aromatic heterocycles. The van der Waals surface area contributed by atoms with E-state index in [1.165, 1.54) is 0 Å². The number of aromatic amines is 1. The zero-order valence-electron chi connectivity index (χ0n) is 7.90. The minimum Gasteiger partial charge on any atom is -0.354 e. The van der Waals surface area contributed by atoms with E-state index < -0.39 is 0 Å². The van der Waals surface area contributed by atoms with Gasteiger partial charge in [-0.25, -0.2) is 0 Å². The van der Waals surface area contributed by atoms with E-state index in [1.807, 2.05) is 24.4 Å². The summed E-state index contributed by atoms with van der Waals surface area (Å²) in [6.45, 7) is 0. The second-order valence-electron chi connectivity index (χ2n) is 3.47. The fourth-order valence-electron chi connectivity index (χ4n) is 1.83. The number of rotatable bonds is 1. The minimum absolute atomic E-state index is 0.687. The first-order chi connectivity index (χ1) is 7.38. The zero-order valence-corrected chi connectivity index (χ0v) is 7.90. The van der Waals surface area contributed by atoms with Gasteiger partial charge in [0.05, 0.1) is 0 Å². The van der Waals surface area contributed by atoms with Crippen molar-refractivity contribution < 1.29 is 4.79 Å². The van der Waals surface area contributed by atoms with Crippen LogP contribution in [0.5, 0.6) is 0 Å². The lowest BCUT2D eigenvalue weighted by molar-refractivity contribution is 0.112. The SMILES string of the molecule is O=Cc1ccc2[nH]c3ccncc3c2c1. The predicted octanol–water partition coefficient (Wildman–Crippen LogP) is 2.53. The van der Waals surface area contributed by atoms with Crippen LogP contribution in [0, 0.1) is 0 Å². The molecule has 3 nitrogen and oxygen atoms in total. The first-order valence-corrected chi connectivity index (χ1v) is 4.69. The largest absolute Gasteiger partial charge is 0.354 e. The molecule has 0 unspecified atom stereocenters. The Kier molecular flexibility index (Phi) is 1.59. The molecule has 0 aliphatic rings. The van der Waals surface area contributed by atoms with Crippen molar-refractivity contribution in [2.45, 2.75) is 0 Å². The van der Waals surface area contributed by atoms with Crippen molar-refractivity contribution in [3.05, 3.63) is 42.2 Å². The van der Waals surface area contributed by atoms with Crippen LogP contribution in [0.2, 0.25) is 0 Å². The third kappa shape index (κ3) is 1.13. The van der Waals surface area contributed by atoms with E-state index >= 15 is 0 Å². The monoisotopic (exact) mass is 196 g/mol. The zero-order chi connectivity index (χ0) is 10.3. The molecular weight excluding hydrogens is 188 g/mol. The highest BCUT2D eigenvalue weighted by Gasteiger charge is 2.03. The van der Waals surface area contributed by atoms with Crippen LogP contribution in [0.25, 0.3) is 21.8 Å². The third-order valence-electron chi connectivity index (χ3n) is 2.56. The molecule has 0 fully saturated rings. The van der Waals surface area contributed by atoms with E-state index in [0.717, 1.165) is 28.1 Å². The number of aldehydes is 1. The van der Waals surface area contributed by atoms with Crippen LogP contribution < -0.4 is 0 Å². The van der Waals surface area contributed by atoms with Crippen LogP contribution in [0.3, 0.4) is 0 Å². The summed E-state index contributed by atoms with van der Waals surface area (Å²) in [6, 6.07) is 7.52. The van der Waals surface area contributed by atoms with Crippen molar-refractivity contribution in [1.29, 1.82) is 0 Å². The van der Waals surface area contributed by atoms with E-state index in [-0.39, 0.29) is 0 Å². The lowest BCUT2D eigenvalue weighted by Gasteiger charge is -1.91. The molecule has 3 heteroatoms. The van der Waals surface area contributed by atoms with Gasteiger partial charge in [-0.2, -0.15) is 0 Å². The van der Waals surface area contributed by atoms with Gasteiger partial charge in [0.1, 0.15) is 6.29 Å². The van der Waals surface area contributed by atoms with Crippen molar-refractivity contribution in [1.82, 2.24) is 9.97 Å². The average molecular weight is 196 g/mol. The van der Waals surface area contributed by atoms with Gasteiger partial charge in [0, 0.05) is 39.8 Å². The maximum atomic E-state index is 10.7. The quantitative estimate of drug-likeness (QED) is 0.608. The van der Waals surface area contributed by atoms with Gasteiger partial charge in [-0.1, -0.05) is 0 Å². The first kappa shape index (κ1) is 8.17. The second kappa shape index (κ2) is 2.92. The van der Waals surface area contributed by atoms with Gasteiger partial charge in [0.15, 0.2) is 0 Å². The fourth-order valence-corrected chi connectivity index (χ4v) is 1.83. The molecular formula is C12H8N2O. The van der Waals surface area contributed by atoms with E-state index in [0.29, 0.717) is 5.56 Å². The molecule has 0 bridgehead atoms. The molecule has 3 rings (SSSR count). The Morgan fingerprint density at radius 3 is 2.87 bits per heavy atom. The van der Waals surface area contributed by atoms with Crippen molar-refractivity contribution in [3.63, 3.8) is 0 Å². The van der Waals surface area contributed by atoms with Crippen LogP contribution in [0.15, 0.2) is 36.7 Å². The summed E-state index contributed by atoms with van der Waals surface area (Å²) in [6.07, 6.45) is 4.41. The van der Waals surface area contributed by atoms with Crippen molar-refractivity contribution >= 4 is 28.1 Å². The Bertz CT molecular complexity index is 655. The van der Waals surface area contributed by atoms with Gasteiger partial charge in [0.25, 0.3) is 0 Å². The molecule has 0 amide bonds. The Morgan fingerprint density at radius 2 is 2.00 bits per heavy atom. The van der Waals surface area contributed by atoms with E-state index in [2.05, 4.69) is 9.97 Å². The topological polar surface area (TPSA) is 45.8 Å². The van der Waals surface area contributed by atoms with Gasteiger partial charge >= 0.3 is 0 Å². The molecule has 0 aliphatic carbocycles. The van der Waals surface area contributed by atoms with Crippen LogP contribution in [-0.4, -0.2) is 16.3 Å². The number of carbonyl (C=O) groups excluding carboxylic acids is 1. The molecule has 0 saturated carbocycles. The van der Waals surface area contributed by atoms with Crippen molar-refractivity contribution in [2.75, 3.05) is 0 Å². The summed E-state index contributed by atoms with van der Waals surface area (Å²) >= 11 is 0. The molecule has 0 saturated heterocycles. The van der Waals surface area contributed by atoms with Crippen LogP contribution >= 0.6 is 0 Å². The number of pyridine rings is 1. The number of hydrogen-bond acceptors (Lipinski definition) is 2. The smallest absolute Gasteiger partial charge is 0.150 e. The Balaban J connectivity index is 2.51. The normalized spacial score (nSPS) is 10.9. The van der Waals surface area contributed by atoms with Gasteiger partial charge in [-0.3, -0.25) is 9.78 Å². The fraction of sp³-hybridized carbons (Fsp3) is 0. The molecule has 0 aliphatic heterocycles. The maximum Gasteiger partial charge on any atom is 0.150 e. The molecule has 1 N–H and O–H groups in total. The third-order valence-corrected chi connectivity index (χ3v) is 2.56. The number of H-pyrrole nitrogens is 1. The number of nitrogens with zero attached hydrogens (tertiary/aromatic N) is 1. The highest BCUT2D eigenvalue weighted by atomic mass is 16.1. The first-order valence-electron chi connectivity index (χ1n) is 4.69. The molecule has 1 aromatic carbocycles. The highest BCUT2D eigenvalue weighted by molar-refractivity contribution is 6.08. The van der Waals surface area contributed by atoms with Crippen LogP contribution in [0.1, 0.15) is 10.4 Å². The molecule has 0 spiro atoms. The standard InChI is InChI=1S/C12H8N2O/c15-7-8-1-2-11-9(5-8)10-6-13-4-3-12(10)14-11/h1-7,14H. The molecule has 72 valence electrons. The van der Waals surface area contributed by atoms with E-state index in [4.69, 9.17) is 0 Å². The number of aromatic nitrogens is 2. The average Bonchev–Trinajstić information content (AvgIpc) is 2.66. The lowest BCUT2D eigenvalue weighted by atomic mass is 10.1. The summed E-state index contributed by atoms with van der Waals surface area (Å²) < 4.78 is 0. The molecule has 0 radical (unpaired) electrons. The summed E-state index contributed by atoms with van der Waals surface area (Å²) in [5, 5.41) is 2.10. The maximum absolute atomic E-state index is 10.7. The Hall–Kier alpha value is -2.16. The predicted molar refractivity (Wildman–Crippen MR) is 59.0 cm³/mol. The number of benzene rings is 1. The molecule has 15 heavy (non-hydrogen) atoms.